The maximum absolute atomic E-state index is 11.8. The molecule has 0 unspecified atom stereocenters. The van der Waals surface area contributed by atoms with Gasteiger partial charge in [-0.3, -0.25) is 4.79 Å². The van der Waals surface area contributed by atoms with Crippen LogP contribution < -0.4 is 5.43 Å². The van der Waals surface area contributed by atoms with E-state index in [1.807, 2.05) is 30.3 Å². The lowest BCUT2D eigenvalue weighted by atomic mass is 10.2. The van der Waals surface area contributed by atoms with Gasteiger partial charge in [-0.1, -0.05) is 42.5 Å². The van der Waals surface area contributed by atoms with Crippen LogP contribution in [0, 0.1) is 0 Å². The van der Waals surface area contributed by atoms with Gasteiger partial charge >= 0.3 is 0 Å². The second kappa shape index (κ2) is 7.14. The fourth-order valence-corrected chi connectivity index (χ4v) is 1.95. The summed E-state index contributed by atoms with van der Waals surface area (Å²) in [6, 6.07) is 16.0. The Labute approximate surface area is 137 Å². The highest BCUT2D eigenvalue weighted by Gasteiger charge is 2.08. The maximum Gasteiger partial charge on any atom is 0.263 e. The fourth-order valence-electron chi connectivity index (χ4n) is 1.95. The number of aromatic hydroxyl groups is 1. The van der Waals surface area contributed by atoms with E-state index in [1.54, 1.807) is 18.2 Å². The van der Waals surface area contributed by atoms with Gasteiger partial charge in [0, 0.05) is 11.1 Å². The molecule has 8 nitrogen and oxygen atoms in total. The van der Waals surface area contributed by atoms with Crippen molar-refractivity contribution in [2.75, 3.05) is 0 Å². The van der Waals surface area contributed by atoms with Gasteiger partial charge in [0.15, 0.2) is 0 Å². The van der Waals surface area contributed by atoms with Gasteiger partial charge in [0.1, 0.15) is 12.3 Å². The lowest BCUT2D eigenvalue weighted by Gasteiger charge is -1.99. The van der Waals surface area contributed by atoms with Crippen molar-refractivity contribution in [2.45, 2.75) is 6.54 Å². The van der Waals surface area contributed by atoms with E-state index in [0.717, 1.165) is 5.56 Å². The molecule has 2 aromatic carbocycles. The fraction of sp³-hybridized carbons (Fsp3) is 0.0625. The lowest BCUT2D eigenvalue weighted by Crippen LogP contribution is -2.24. The summed E-state index contributed by atoms with van der Waals surface area (Å²) in [4.78, 5) is 13.0. The summed E-state index contributed by atoms with van der Waals surface area (Å²) in [6.07, 6.45) is 1.36. The number of carbonyl (C=O) groups excluding carboxylic acids is 1. The molecule has 2 N–H and O–H groups in total. The van der Waals surface area contributed by atoms with E-state index < -0.39 is 5.91 Å². The number of rotatable bonds is 5. The quantitative estimate of drug-likeness (QED) is 0.542. The number of hydrazone groups is 1. The van der Waals surface area contributed by atoms with Gasteiger partial charge in [0.05, 0.1) is 6.21 Å². The van der Waals surface area contributed by atoms with Gasteiger partial charge in [-0.15, -0.1) is 10.2 Å². The largest absolute Gasteiger partial charge is 0.507 e. The van der Waals surface area contributed by atoms with Crippen molar-refractivity contribution >= 4 is 12.1 Å². The minimum atomic E-state index is -0.404. The Morgan fingerprint density at radius 3 is 2.71 bits per heavy atom. The van der Waals surface area contributed by atoms with Gasteiger partial charge in [-0.25, -0.2) is 5.43 Å². The Balaban J connectivity index is 1.58. The number of tetrazole rings is 1. The Morgan fingerprint density at radius 2 is 1.92 bits per heavy atom. The molecule has 0 radical (unpaired) electrons. The number of benzene rings is 2. The monoisotopic (exact) mass is 322 g/mol. The molecule has 0 fully saturated rings. The third-order valence-electron chi connectivity index (χ3n) is 3.10. The zero-order valence-electron chi connectivity index (χ0n) is 12.6. The number of phenols is 1. The zero-order valence-corrected chi connectivity index (χ0v) is 12.6. The molecule has 1 heterocycles. The van der Waals surface area contributed by atoms with Crippen LogP contribution in [-0.2, 0) is 11.3 Å². The van der Waals surface area contributed by atoms with Gasteiger partial charge in [-0.05, 0) is 17.3 Å². The summed E-state index contributed by atoms with van der Waals surface area (Å²) in [6.45, 7) is -0.113. The topological polar surface area (TPSA) is 105 Å². The molecule has 120 valence electrons. The first-order valence-electron chi connectivity index (χ1n) is 7.15. The molecule has 0 saturated carbocycles. The van der Waals surface area contributed by atoms with Crippen LogP contribution in [0.3, 0.4) is 0 Å². The van der Waals surface area contributed by atoms with Crippen LogP contribution in [0.25, 0.3) is 11.4 Å². The van der Waals surface area contributed by atoms with Gasteiger partial charge in [-0.2, -0.15) is 9.90 Å². The number of aromatic nitrogens is 4. The minimum Gasteiger partial charge on any atom is -0.507 e. The molecule has 24 heavy (non-hydrogen) atoms. The standard InChI is InChI=1S/C16H14N6O2/c23-14-9-5-4-8-13(14)10-17-18-15(24)11-22-20-16(19-21-22)12-6-2-1-3-7-12/h1-10,23H,11H2,(H,18,24). The van der Waals surface area contributed by atoms with Crippen LogP contribution >= 0.6 is 0 Å². The highest BCUT2D eigenvalue weighted by atomic mass is 16.3. The van der Waals surface area contributed by atoms with Crippen molar-refractivity contribution in [1.82, 2.24) is 25.6 Å². The summed E-state index contributed by atoms with van der Waals surface area (Å²) in [5.41, 5.74) is 3.67. The van der Waals surface area contributed by atoms with Gasteiger partial charge in [0.25, 0.3) is 5.91 Å². The molecule has 1 aromatic heterocycles. The third-order valence-corrected chi connectivity index (χ3v) is 3.10. The number of carbonyl (C=O) groups is 1. The molecule has 0 spiro atoms. The van der Waals surface area contributed by atoms with Crippen LogP contribution in [0.4, 0.5) is 0 Å². The molecular weight excluding hydrogens is 308 g/mol. The first kappa shape index (κ1) is 15.3. The Kier molecular flexibility index (Phi) is 4.57. The number of amides is 1. The van der Waals surface area contributed by atoms with Crippen molar-refractivity contribution < 1.29 is 9.90 Å². The van der Waals surface area contributed by atoms with Crippen LogP contribution in [0.1, 0.15) is 5.56 Å². The summed E-state index contributed by atoms with van der Waals surface area (Å²) >= 11 is 0. The van der Waals surface area contributed by atoms with Gasteiger partial charge < -0.3 is 5.11 Å². The second-order valence-corrected chi connectivity index (χ2v) is 4.86. The number of phenolic OH excluding ortho intramolecular Hbond substituents is 1. The number of hydrogen-bond donors (Lipinski definition) is 2. The highest BCUT2D eigenvalue weighted by molar-refractivity contribution is 5.84. The first-order valence-corrected chi connectivity index (χ1v) is 7.15. The predicted molar refractivity (Wildman–Crippen MR) is 87.1 cm³/mol. The summed E-state index contributed by atoms with van der Waals surface area (Å²) in [7, 11) is 0. The van der Waals surface area contributed by atoms with Crippen molar-refractivity contribution in [3.05, 3.63) is 60.2 Å². The SMILES string of the molecule is O=C(Cn1nnc(-c2ccccc2)n1)NN=Cc1ccccc1O. The average Bonchev–Trinajstić information content (AvgIpc) is 3.06. The Bertz CT molecular complexity index is 860. The van der Waals surface area contributed by atoms with E-state index in [-0.39, 0.29) is 12.3 Å². The normalized spacial score (nSPS) is 10.8. The highest BCUT2D eigenvalue weighted by Crippen LogP contribution is 2.12. The summed E-state index contributed by atoms with van der Waals surface area (Å²) < 4.78 is 0. The number of nitrogens with zero attached hydrogens (tertiary/aromatic N) is 5. The smallest absolute Gasteiger partial charge is 0.263 e. The molecule has 8 heteroatoms. The summed E-state index contributed by atoms with van der Waals surface area (Å²) in [5, 5.41) is 25.3. The summed E-state index contributed by atoms with van der Waals surface area (Å²) in [5.74, 6) is 0.126. The third kappa shape index (κ3) is 3.80. The van der Waals surface area contributed by atoms with E-state index in [2.05, 4.69) is 25.9 Å². The molecule has 0 atom stereocenters. The Morgan fingerprint density at radius 1 is 1.17 bits per heavy atom. The lowest BCUT2D eigenvalue weighted by molar-refractivity contribution is -0.122. The maximum atomic E-state index is 11.8. The van der Waals surface area contributed by atoms with E-state index in [9.17, 15) is 9.90 Å². The molecule has 0 aliphatic carbocycles. The van der Waals surface area contributed by atoms with E-state index >= 15 is 0 Å². The van der Waals surface area contributed by atoms with Crippen LogP contribution in [-0.4, -0.2) is 37.4 Å². The van der Waals surface area contributed by atoms with Crippen LogP contribution in [0.15, 0.2) is 59.7 Å². The predicted octanol–water partition coefficient (Wildman–Crippen LogP) is 1.20. The van der Waals surface area contributed by atoms with Crippen LogP contribution in [0.5, 0.6) is 5.75 Å². The van der Waals surface area contributed by atoms with E-state index in [4.69, 9.17) is 0 Å². The number of nitrogens with one attached hydrogen (secondary N) is 1. The average molecular weight is 322 g/mol. The molecule has 0 bridgehead atoms. The molecule has 3 aromatic rings. The van der Waals surface area contributed by atoms with E-state index in [0.29, 0.717) is 11.4 Å². The molecule has 3 rings (SSSR count). The second-order valence-electron chi connectivity index (χ2n) is 4.86. The Hall–Kier alpha value is -3.55. The molecule has 0 aliphatic heterocycles. The number of para-hydroxylation sites is 1. The van der Waals surface area contributed by atoms with Crippen LogP contribution in [0.2, 0.25) is 0 Å². The van der Waals surface area contributed by atoms with Crippen molar-refractivity contribution in [3.8, 4) is 17.1 Å². The molecule has 1 amide bonds. The first-order chi connectivity index (χ1) is 11.7. The molecule has 0 saturated heterocycles. The van der Waals surface area contributed by atoms with Gasteiger partial charge in [0.2, 0.25) is 5.82 Å². The minimum absolute atomic E-state index is 0.0842. The molecular formula is C16H14N6O2. The van der Waals surface area contributed by atoms with E-state index in [1.165, 1.54) is 17.1 Å². The van der Waals surface area contributed by atoms with Crippen molar-refractivity contribution in [2.24, 2.45) is 5.10 Å². The zero-order chi connectivity index (χ0) is 16.8. The van der Waals surface area contributed by atoms with Crippen molar-refractivity contribution in [1.29, 1.82) is 0 Å². The molecule has 0 aliphatic rings. The number of hydrogen-bond acceptors (Lipinski definition) is 6. The van der Waals surface area contributed by atoms with Crippen molar-refractivity contribution in [3.63, 3.8) is 0 Å².